The number of piperidine rings is 1. The molecule has 3 rings (SSSR count). The summed E-state index contributed by atoms with van der Waals surface area (Å²) in [6, 6.07) is 10.7. The third-order valence-electron chi connectivity index (χ3n) is 5.88. The number of carboxylic acids is 1. The second kappa shape index (κ2) is 11.3. The number of amides is 1. The van der Waals surface area contributed by atoms with Gasteiger partial charge in [0.15, 0.2) is 0 Å². The number of nitrogens with zero attached hydrogens (tertiary/aromatic N) is 3. The van der Waals surface area contributed by atoms with Gasteiger partial charge in [-0.3, -0.25) is 19.4 Å². The predicted octanol–water partition coefficient (Wildman–Crippen LogP) is 1.68. The Bertz CT molecular complexity index is 641. The van der Waals surface area contributed by atoms with Gasteiger partial charge in [0, 0.05) is 58.3 Å². The average molecular weight is 404 g/mol. The van der Waals surface area contributed by atoms with Crippen molar-refractivity contribution >= 4 is 11.9 Å². The highest BCUT2D eigenvalue weighted by molar-refractivity contribution is 5.81. The van der Waals surface area contributed by atoms with Crippen LogP contribution in [-0.2, 0) is 20.9 Å². The van der Waals surface area contributed by atoms with E-state index < -0.39 is 5.97 Å². The molecule has 1 aromatic carbocycles. The van der Waals surface area contributed by atoms with Crippen LogP contribution in [0.15, 0.2) is 30.3 Å². The van der Waals surface area contributed by atoms with Crippen molar-refractivity contribution in [1.29, 1.82) is 0 Å². The number of carboxylic acid groups (broad SMARTS) is 1. The van der Waals surface area contributed by atoms with E-state index in [1.54, 1.807) is 0 Å². The summed E-state index contributed by atoms with van der Waals surface area (Å²) in [5.41, 5.74) is 1.31. The number of carbonyl (C=O) groups excluding carboxylic acids is 1. The van der Waals surface area contributed by atoms with Gasteiger partial charge in [0.1, 0.15) is 0 Å². The number of likely N-dealkylation sites (tertiary alicyclic amines) is 1. The van der Waals surface area contributed by atoms with Gasteiger partial charge in [-0.2, -0.15) is 0 Å². The van der Waals surface area contributed by atoms with Crippen LogP contribution < -0.4 is 0 Å². The van der Waals surface area contributed by atoms with Crippen LogP contribution in [0.5, 0.6) is 0 Å². The Morgan fingerprint density at radius 2 is 1.69 bits per heavy atom. The molecule has 0 radical (unpaired) electrons. The van der Waals surface area contributed by atoms with E-state index >= 15 is 0 Å². The van der Waals surface area contributed by atoms with Crippen LogP contribution in [0, 0.1) is 0 Å². The fraction of sp³-hybridized carbons (Fsp3) is 0.636. The number of carbonyl (C=O) groups is 2. The van der Waals surface area contributed by atoms with Crippen molar-refractivity contribution in [3.8, 4) is 0 Å². The van der Waals surface area contributed by atoms with E-state index in [4.69, 9.17) is 9.84 Å². The van der Waals surface area contributed by atoms with Gasteiger partial charge in [-0.05, 0) is 18.4 Å². The summed E-state index contributed by atoms with van der Waals surface area (Å²) in [4.78, 5) is 30.4. The van der Waals surface area contributed by atoms with Crippen LogP contribution in [0.25, 0.3) is 0 Å². The minimum Gasteiger partial charge on any atom is -0.481 e. The summed E-state index contributed by atoms with van der Waals surface area (Å²) >= 11 is 0. The van der Waals surface area contributed by atoms with Crippen LogP contribution >= 0.6 is 0 Å². The van der Waals surface area contributed by atoms with Gasteiger partial charge >= 0.3 is 5.97 Å². The van der Waals surface area contributed by atoms with Crippen LogP contribution in [-0.4, -0.2) is 90.2 Å². The molecule has 0 bridgehead atoms. The second-order valence-corrected chi connectivity index (χ2v) is 7.93. The quantitative estimate of drug-likeness (QED) is 0.676. The standard InChI is InChI=1S/C22H33N3O4/c26-21(6-7-22(27)28)25(13-12-23-14-16-29-17-15-23)20-8-10-24(11-9-20)18-19-4-2-1-3-5-19/h1-5,20H,6-18H2,(H,27,28). The molecule has 0 aromatic heterocycles. The molecule has 1 N–H and O–H groups in total. The van der Waals surface area contributed by atoms with E-state index in [2.05, 4.69) is 34.1 Å². The SMILES string of the molecule is O=C(O)CCC(=O)N(CCN1CCOCC1)C1CCN(Cc2ccccc2)CC1. The molecule has 0 aliphatic carbocycles. The number of benzene rings is 1. The van der Waals surface area contributed by atoms with Crippen molar-refractivity contribution < 1.29 is 19.4 Å². The van der Waals surface area contributed by atoms with Crippen LogP contribution in [0.4, 0.5) is 0 Å². The zero-order valence-corrected chi connectivity index (χ0v) is 17.2. The maximum absolute atomic E-state index is 12.8. The summed E-state index contributed by atoms with van der Waals surface area (Å²) in [6.45, 7) is 7.62. The first-order chi connectivity index (χ1) is 14.1. The van der Waals surface area contributed by atoms with Crippen LogP contribution in [0.1, 0.15) is 31.2 Å². The summed E-state index contributed by atoms with van der Waals surface area (Å²) in [6.07, 6.45) is 1.87. The van der Waals surface area contributed by atoms with Gasteiger partial charge in [0.25, 0.3) is 0 Å². The summed E-state index contributed by atoms with van der Waals surface area (Å²) < 4.78 is 5.40. The third kappa shape index (κ3) is 7.10. The third-order valence-corrected chi connectivity index (χ3v) is 5.88. The van der Waals surface area contributed by atoms with Crippen LogP contribution in [0.2, 0.25) is 0 Å². The first-order valence-corrected chi connectivity index (χ1v) is 10.7. The lowest BCUT2D eigenvalue weighted by atomic mass is 10.0. The smallest absolute Gasteiger partial charge is 0.303 e. The topological polar surface area (TPSA) is 73.3 Å². The van der Waals surface area contributed by atoms with Crippen molar-refractivity contribution in [2.45, 2.75) is 38.3 Å². The van der Waals surface area contributed by atoms with Gasteiger partial charge in [0.2, 0.25) is 5.91 Å². The Labute approximate surface area is 173 Å². The summed E-state index contributed by atoms with van der Waals surface area (Å²) in [5.74, 6) is -0.939. The van der Waals surface area contributed by atoms with Crippen molar-refractivity contribution in [2.24, 2.45) is 0 Å². The second-order valence-electron chi connectivity index (χ2n) is 7.93. The largest absolute Gasteiger partial charge is 0.481 e. The van der Waals surface area contributed by atoms with E-state index in [9.17, 15) is 9.59 Å². The molecule has 7 heteroatoms. The first-order valence-electron chi connectivity index (χ1n) is 10.7. The fourth-order valence-electron chi connectivity index (χ4n) is 4.17. The highest BCUT2D eigenvalue weighted by atomic mass is 16.5. The lowest BCUT2D eigenvalue weighted by Gasteiger charge is -2.40. The van der Waals surface area contributed by atoms with Crippen molar-refractivity contribution in [2.75, 3.05) is 52.5 Å². The van der Waals surface area contributed by atoms with Crippen molar-refractivity contribution in [3.05, 3.63) is 35.9 Å². The molecule has 2 aliphatic rings. The Hall–Kier alpha value is -1.96. The van der Waals surface area contributed by atoms with E-state index in [1.807, 2.05) is 11.0 Å². The van der Waals surface area contributed by atoms with Crippen molar-refractivity contribution in [3.63, 3.8) is 0 Å². The summed E-state index contributed by atoms with van der Waals surface area (Å²) in [5, 5.41) is 8.96. The Morgan fingerprint density at radius 3 is 2.34 bits per heavy atom. The van der Waals surface area contributed by atoms with E-state index in [0.717, 1.165) is 65.3 Å². The maximum Gasteiger partial charge on any atom is 0.303 e. The molecule has 2 heterocycles. The maximum atomic E-state index is 12.8. The minimum absolute atomic E-state index is 0.0258. The number of morpholine rings is 1. The molecule has 0 spiro atoms. The number of aliphatic carboxylic acids is 1. The Morgan fingerprint density at radius 1 is 1.00 bits per heavy atom. The lowest BCUT2D eigenvalue weighted by molar-refractivity contribution is -0.142. The predicted molar refractivity (Wildman–Crippen MR) is 111 cm³/mol. The van der Waals surface area contributed by atoms with Crippen LogP contribution in [0.3, 0.4) is 0 Å². The van der Waals surface area contributed by atoms with E-state index in [0.29, 0.717) is 6.54 Å². The molecular formula is C22H33N3O4. The molecule has 7 nitrogen and oxygen atoms in total. The first kappa shape index (κ1) is 21.7. The highest BCUT2D eigenvalue weighted by Gasteiger charge is 2.28. The molecule has 0 unspecified atom stereocenters. The lowest BCUT2D eigenvalue weighted by Crippen LogP contribution is -2.50. The zero-order chi connectivity index (χ0) is 20.5. The number of hydrogen-bond donors (Lipinski definition) is 1. The highest BCUT2D eigenvalue weighted by Crippen LogP contribution is 2.20. The number of hydrogen-bond acceptors (Lipinski definition) is 5. The average Bonchev–Trinajstić information content (AvgIpc) is 2.75. The molecule has 1 aromatic rings. The van der Waals surface area contributed by atoms with Gasteiger partial charge in [-0.1, -0.05) is 30.3 Å². The number of ether oxygens (including phenoxy) is 1. The molecule has 2 saturated heterocycles. The Balaban J connectivity index is 1.53. The molecule has 1 amide bonds. The minimum atomic E-state index is -0.913. The molecule has 0 saturated carbocycles. The van der Waals surface area contributed by atoms with Gasteiger partial charge in [-0.25, -0.2) is 0 Å². The van der Waals surface area contributed by atoms with Gasteiger partial charge in [0.05, 0.1) is 19.6 Å². The van der Waals surface area contributed by atoms with Crippen molar-refractivity contribution in [1.82, 2.24) is 14.7 Å². The monoisotopic (exact) mass is 403 g/mol. The zero-order valence-electron chi connectivity index (χ0n) is 17.2. The Kier molecular flexibility index (Phi) is 8.46. The fourth-order valence-corrected chi connectivity index (χ4v) is 4.17. The molecule has 0 atom stereocenters. The van der Waals surface area contributed by atoms with Gasteiger partial charge < -0.3 is 14.7 Å². The summed E-state index contributed by atoms with van der Waals surface area (Å²) in [7, 11) is 0. The molecule has 2 aliphatic heterocycles. The normalized spacial score (nSPS) is 19.2. The number of rotatable bonds is 9. The van der Waals surface area contributed by atoms with E-state index in [-0.39, 0.29) is 24.8 Å². The van der Waals surface area contributed by atoms with E-state index in [1.165, 1.54) is 5.56 Å². The molecule has 160 valence electrons. The molecule has 29 heavy (non-hydrogen) atoms. The molecule has 2 fully saturated rings. The van der Waals surface area contributed by atoms with Gasteiger partial charge in [-0.15, -0.1) is 0 Å². The molecular weight excluding hydrogens is 370 g/mol.